The third-order valence-electron chi connectivity index (χ3n) is 1.86. The predicted octanol–water partition coefficient (Wildman–Crippen LogP) is 3.00. The highest BCUT2D eigenvalue weighted by Crippen LogP contribution is 2.12. The Kier molecular flexibility index (Phi) is 5.22. The van der Waals surface area contributed by atoms with Crippen LogP contribution in [0.4, 0.5) is 0 Å². The molecule has 0 heterocycles. The Morgan fingerprint density at radius 2 is 2.31 bits per heavy atom. The lowest BCUT2D eigenvalue weighted by Crippen LogP contribution is -1.99. The lowest BCUT2D eigenvalue weighted by atomic mass is 10.2. The van der Waals surface area contributed by atoms with Gasteiger partial charge < -0.3 is 9.84 Å². The van der Waals surface area contributed by atoms with Gasteiger partial charge in [-0.3, -0.25) is 0 Å². The number of halogens is 1. The highest BCUT2D eigenvalue weighted by atomic mass is 79.9. The molecule has 0 amide bonds. The summed E-state index contributed by atoms with van der Waals surface area (Å²) >= 11 is 3.37. The maximum atomic E-state index is 10.3. The number of hydrogen-bond acceptors (Lipinski definition) is 2. The highest BCUT2D eigenvalue weighted by molar-refractivity contribution is 9.10. The van der Waals surface area contributed by atoms with Crippen LogP contribution < -0.4 is 0 Å². The van der Waals surface area contributed by atoms with E-state index in [-0.39, 0.29) is 0 Å². The molecule has 0 bridgehead atoms. The van der Waals surface area contributed by atoms with Crippen molar-refractivity contribution in [1.29, 1.82) is 0 Å². The molecular weight excluding hydrogens is 272 g/mol. The number of carboxylic acid groups (broad SMARTS) is 1. The molecule has 0 fully saturated rings. The normalized spacial score (nSPS) is 11.5. The first kappa shape index (κ1) is 12.9. The number of carboxylic acids is 1. The zero-order chi connectivity index (χ0) is 12.0. The Morgan fingerprint density at radius 3 is 2.94 bits per heavy atom. The molecule has 0 saturated carbocycles. The van der Waals surface area contributed by atoms with Crippen molar-refractivity contribution < 1.29 is 14.6 Å². The van der Waals surface area contributed by atoms with E-state index in [2.05, 4.69) is 15.9 Å². The first-order chi connectivity index (χ1) is 7.58. The van der Waals surface area contributed by atoms with Gasteiger partial charge in [0.15, 0.2) is 0 Å². The zero-order valence-corrected chi connectivity index (χ0v) is 10.5. The zero-order valence-electron chi connectivity index (χ0n) is 8.94. The molecule has 1 N–H and O–H groups in total. The van der Waals surface area contributed by atoms with Crippen molar-refractivity contribution in [3.05, 3.63) is 46.0 Å². The van der Waals surface area contributed by atoms with Crippen LogP contribution in [0.1, 0.15) is 12.5 Å². The molecule has 0 atom stereocenters. The SMILES string of the molecule is C/C(=C/C(=O)O)COCc1cccc(Br)c1. The van der Waals surface area contributed by atoms with E-state index in [1.165, 1.54) is 0 Å². The summed E-state index contributed by atoms with van der Waals surface area (Å²) in [5.41, 5.74) is 1.75. The van der Waals surface area contributed by atoms with Crippen molar-refractivity contribution in [3.63, 3.8) is 0 Å². The molecule has 4 heteroatoms. The minimum atomic E-state index is -0.941. The second kappa shape index (κ2) is 6.45. The molecule has 0 spiro atoms. The van der Waals surface area contributed by atoms with E-state index in [4.69, 9.17) is 9.84 Å². The summed E-state index contributed by atoms with van der Waals surface area (Å²) in [6.07, 6.45) is 1.15. The van der Waals surface area contributed by atoms with Crippen LogP contribution >= 0.6 is 15.9 Å². The van der Waals surface area contributed by atoms with Gasteiger partial charge in [-0.05, 0) is 30.2 Å². The summed E-state index contributed by atoms with van der Waals surface area (Å²) in [6, 6.07) is 7.80. The second-order valence-electron chi connectivity index (χ2n) is 3.45. The minimum Gasteiger partial charge on any atom is -0.478 e. The van der Waals surface area contributed by atoms with Gasteiger partial charge in [-0.25, -0.2) is 4.79 Å². The highest BCUT2D eigenvalue weighted by Gasteiger charge is 1.97. The maximum Gasteiger partial charge on any atom is 0.328 e. The molecule has 0 saturated heterocycles. The fourth-order valence-electron chi connectivity index (χ4n) is 1.21. The van der Waals surface area contributed by atoms with Gasteiger partial charge in [-0.2, -0.15) is 0 Å². The molecule has 0 aromatic heterocycles. The maximum absolute atomic E-state index is 10.3. The summed E-state index contributed by atoms with van der Waals surface area (Å²) in [7, 11) is 0. The van der Waals surface area contributed by atoms with Crippen molar-refractivity contribution in [1.82, 2.24) is 0 Å². The molecule has 0 radical (unpaired) electrons. The van der Waals surface area contributed by atoms with Crippen LogP contribution in [0.25, 0.3) is 0 Å². The first-order valence-corrected chi connectivity index (χ1v) is 5.59. The van der Waals surface area contributed by atoms with Gasteiger partial charge in [-0.15, -0.1) is 0 Å². The van der Waals surface area contributed by atoms with E-state index in [9.17, 15) is 4.79 Å². The van der Waals surface area contributed by atoms with Crippen molar-refractivity contribution in [2.24, 2.45) is 0 Å². The Labute approximate surface area is 103 Å². The Bertz CT molecular complexity index is 399. The first-order valence-electron chi connectivity index (χ1n) is 4.80. The van der Waals surface area contributed by atoms with Crippen LogP contribution in [-0.2, 0) is 16.1 Å². The van der Waals surface area contributed by atoms with Crippen molar-refractivity contribution in [2.75, 3.05) is 6.61 Å². The summed E-state index contributed by atoms with van der Waals surface area (Å²) in [6.45, 7) is 2.54. The van der Waals surface area contributed by atoms with Crippen LogP contribution in [-0.4, -0.2) is 17.7 Å². The number of hydrogen-bond donors (Lipinski definition) is 1. The molecular formula is C12H13BrO3. The van der Waals surface area contributed by atoms with Crippen LogP contribution in [0.15, 0.2) is 40.4 Å². The molecule has 1 aromatic rings. The van der Waals surface area contributed by atoms with Crippen molar-refractivity contribution in [2.45, 2.75) is 13.5 Å². The molecule has 0 unspecified atom stereocenters. The third kappa shape index (κ3) is 5.09. The molecule has 86 valence electrons. The number of carbonyl (C=O) groups is 1. The topological polar surface area (TPSA) is 46.5 Å². The van der Waals surface area contributed by atoms with E-state index < -0.39 is 5.97 Å². The Balaban J connectivity index is 2.39. The predicted molar refractivity (Wildman–Crippen MR) is 65.2 cm³/mol. The quantitative estimate of drug-likeness (QED) is 0.846. The molecule has 0 aliphatic heterocycles. The van der Waals surface area contributed by atoms with Gasteiger partial charge >= 0.3 is 5.97 Å². The number of ether oxygens (including phenoxy) is 1. The average Bonchev–Trinajstić information content (AvgIpc) is 2.16. The molecule has 1 rings (SSSR count). The van der Waals surface area contributed by atoms with Crippen LogP contribution in [0.2, 0.25) is 0 Å². The molecule has 3 nitrogen and oxygen atoms in total. The van der Waals surface area contributed by atoms with Crippen molar-refractivity contribution in [3.8, 4) is 0 Å². The monoisotopic (exact) mass is 284 g/mol. The van der Waals surface area contributed by atoms with E-state index in [1.54, 1.807) is 6.92 Å². The lowest BCUT2D eigenvalue weighted by Gasteiger charge is -2.04. The average molecular weight is 285 g/mol. The molecule has 0 aliphatic rings. The van der Waals surface area contributed by atoms with Gasteiger partial charge in [-0.1, -0.05) is 28.1 Å². The molecule has 1 aromatic carbocycles. The second-order valence-corrected chi connectivity index (χ2v) is 4.37. The number of benzene rings is 1. The fraction of sp³-hybridized carbons (Fsp3) is 0.250. The summed E-state index contributed by atoms with van der Waals surface area (Å²) in [5, 5.41) is 8.50. The third-order valence-corrected chi connectivity index (χ3v) is 2.35. The van der Waals surface area contributed by atoms with E-state index in [0.717, 1.165) is 16.1 Å². The van der Waals surface area contributed by atoms with Gasteiger partial charge in [0.05, 0.1) is 13.2 Å². The van der Waals surface area contributed by atoms with Gasteiger partial charge in [0.25, 0.3) is 0 Å². The lowest BCUT2D eigenvalue weighted by molar-refractivity contribution is -0.131. The van der Waals surface area contributed by atoms with Crippen LogP contribution in [0.3, 0.4) is 0 Å². The summed E-state index contributed by atoms with van der Waals surface area (Å²) in [4.78, 5) is 10.3. The van der Waals surface area contributed by atoms with Crippen LogP contribution in [0.5, 0.6) is 0 Å². The summed E-state index contributed by atoms with van der Waals surface area (Å²) < 4.78 is 6.39. The van der Waals surface area contributed by atoms with Gasteiger partial charge in [0, 0.05) is 10.5 Å². The number of aliphatic carboxylic acids is 1. The van der Waals surface area contributed by atoms with Gasteiger partial charge in [0.1, 0.15) is 0 Å². The smallest absolute Gasteiger partial charge is 0.328 e. The summed E-state index contributed by atoms with van der Waals surface area (Å²) in [5.74, 6) is -0.941. The van der Waals surface area contributed by atoms with Gasteiger partial charge in [0.2, 0.25) is 0 Å². The van der Waals surface area contributed by atoms with E-state index >= 15 is 0 Å². The largest absolute Gasteiger partial charge is 0.478 e. The Morgan fingerprint density at radius 1 is 1.56 bits per heavy atom. The minimum absolute atomic E-state index is 0.332. The molecule has 0 aliphatic carbocycles. The fourth-order valence-corrected chi connectivity index (χ4v) is 1.66. The molecule has 16 heavy (non-hydrogen) atoms. The standard InChI is InChI=1S/C12H13BrO3/c1-9(5-12(14)15)7-16-8-10-3-2-4-11(13)6-10/h2-6H,7-8H2,1H3,(H,14,15)/b9-5-. The van der Waals surface area contributed by atoms with Crippen LogP contribution in [0, 0.1) is 0 Å². The van der Waals surface area contributed by atoms with E-state index in [1.807, 2.05) is 24.3 Å². The van der Waals surface area contributed by atoms with E-state index in [0.29, 0.717) is 18.8 Å². The van der Waals surface area contributed by atoms with Crippen molar-refractivity contribution >= 4 is 21.9 Å². The Hall–Kier alpha value is -1.13. The number of rotatable bonds is 5.